The third kappa shape index (κ3) is 18.9. The van der Waals surface area contributed by atoms with Gasteiger partial charge in [-0.2, -0.15) is 9.97 Å². The molecule has 36 heteroatoms. The number of benzene rings is 3. The van der Waals surface area contributed by atoms with E-state index >= 15 is 8.78 Å². The van der Waals surface area contributed by atoms with Crippen LogP contribution in [0.2, 0.25) is 20.1 Å². The first kappa shape index (κ1) is 88.3. The maximum atomic E-state index is 15.6. The number of aromatic nitrogens is 11. The van der Waals surface area contributed by atoms with Gasteiger partial charge in [0.15, 0.2) is 34.4 Å². The molecule has 9 aromatic heterocycles. The summed E-state index contributed by atoms with van der Waals surface area (Å²) in [7, 11) is 16.4. The maximum absolute atomic E-state index is 15.6. The van der Waals surface area contributed by atoms with Crippen LogP contribution >= 0.6 is 46.4 Å². The monoisotopic (exact) mass is 1750 g/mol. The summed E-state index contributed by atoms with van der Waals surface area (Å²) in [5.41, 5.74) is 9.00. The summed E-state index contributed by atoms with van der Waals surface area (Å²) >= 11 is 27.3. The van der Waals surface area contributed by atoms with Crippen molar-refractivity contribution >= 4 is 132 Å². The SMILES string of the molecule is C=CC(=O)N1CCN(CCCc2cn3c(n2)c(-c2c(Cl)c(OC)cc(OC)c2Cl)cc2cnc(NCCN(C)C)nc23)CC1.C=CC(=O)N1CCN(CCCc2cn3c(n2)c(-c2c(F)c(OC)cc(OC)c2F)cc2cnc(NC)cc23)CC1.C=CC(=O)N1CCN(Cc2cn3c(n2)c(-c2c(Cl)c(OC)cc(OC)c2Cl)cc2cnc(NC)nc23)CC1. The molecule has 12 heterocycles. The first-order chi connectivity index (χ1) is 59.0. The van der Waals surface area contributed by atoms with E-state index in [1.807, 2.05) is 69.0 Å². The number of ether oxygens (including phenoxy) is 6. The summed E-state index contributed by atoms with van der Waals surface area (Å²) in [5.74, 6) is 1.43. The number of rotatable bonds is 28. The molecule has 0 bridgehead atoms. The first-order valence-electron chi connectivity index (χ1n) is 39.6. The van der Waals surface area contributed by atoms with Crippen LogP contribution in [0.4, 0.5) is 26.5 Å². The van der Waals surface area contributed by atoms with Crippen molar-refractivity contribution < 1.29 is 51.6 Å². The number of carbonyl (C=O) groups excluding carboxylic acids is 3. The third-order valence-electron chi connectivity index (χ3n) is 21.7. The Morgan fingerprint density at radius 3 is 1.25 bits per heavy atom. The quantitative estimate of drug-likeness (QED) is 0.0384. The molecule has 3 amide bonds. The molecule has 0 aliphatic carbocycles. The number of hydrogen-bond donors (Lipinski definition) is 3. The van der Waals surface area contributed by atoms with Crippen LogP contribution in [0.5, 0.6) is 34.5 Å². The van der Waals surface area contributed by atoms with Gasteiger partial charge in [0.2, 0.25) is 29.6 Å². The van der Waals surface area contributed by atoms with Gasteiger partial charge in [0.05, 0.1) is 90.9 Å². The van der Waals surface area contributed by atoms with E-state index in [0.717, 1.165) is 123 Å². The van der Waals surface area contributed by atoms with Crippen molar-refractivity contribution in [2.45, 2.75) is 32.2 Å². The number of nitrogens with one attached hydrogen (secondary N) is 3. The van der Waals surface area contributed by atoms with Crippen LogP contribution in [0.1, 0.15) is 29.9 Å². The van der Waals surface area contributed by atoms with Gasteiger partial charge in [-0.1, -0.05) is 66.1 Å². The number of hydrogen-bond acceptors (Lipinski definition) is 24. The average Bonchev–Trinajstić information content (AvgIpc) is 1.53. The predicted octanol–water partition coefficient (Wildman–Crippen LogP) is 12.8. The van der Waals surface area contributed by atoms with Crippen LogP contribution in [0, 0.1) is 11.6 Å². The number of methoxy groups -OCH3 is 6. The highest BCUT2D eigenvalue weighted by Crippen LogP contribution is 2.50. The average molecular weight is 1750 g/mol. The van der Waals surface area contributed by atoms with Crippen molar-refractivity contribution in [1.29, 1.82) is 0 Å². The van der Waals surface area contributed by atoms with Gasteiger partial charge in [0.25, 0.3) is 0 Å². The van der Waals surface area contributed by atoms with Crippen LogP contribution in [0.3, 0.4) is 0 Å². The lowest BCUT2D eigenvalue weighted by molar-refractivity contribution is -0.128. The highest BCUT2D eigenvalue weighted by molar-refractivity contribution is 6.42. The van der Waals surface area contributed by atoms with Crippen molar-refractivity contribution in [2.24, 2.45) is 0 Å². The maximum Gasteiger partial charge on any atom is 0.246 e. The second-order valence-electron chi connectivity index (χ2n) is 29.4. The lowest BCUT2D eigenvalue weighted by atomic mass is 10.0. The number of aryl methyl sites for hydroxylation is 2. The van der Waals surface area contributed by atoms with Crippen molar-refractivity contribution in [1.82, 2.24) is 87.4 Å². The van der Waals surface area contributed by atoms with E-state index in [9.17, 15) is 14.4 Å². The molecule has 3 aliphatic rings. The fourth-order valence-electron chi connectivity index (χ4n) is 15.2. The molecule has 3 aromatic carbocycles. The molecule has 0 atom stereocenters. The lowest BCUT2D eigenvalue weighted by Crippen LogP contribution is -2.48. The largest absolute Gasteiger partial charge is 0.495 e. The van der Waals surface area contributed by atoms with E-state index in [2.05, 4.69) is 75.2 Å². The Kier molecular flexibility index (Phi) is 28.6. The summed E-state index contributed by atoms with van der Waals surface area (Å²) < 4.78 is 69.4. The van der Waals surface area contributed by atoms with Gasteiger partial charge >= 0.3 is 0 Å². The van der Waals surface area contributed by atoms with Crippen molar-refractivity contribution in [3.63, 3.8) is 0 Å². The van der Waals surface area contributed by atoms with Gasteiger partial charge in [-0.15, -0.1) is 0 Å². The standard InChI is InChI=1S/C31H38Cl2N8O3.C29H32F2N6O3.C26H27Cl2N7O3/c1-6-25(42)40-14-12-39(13-15-40)10-7-8-21-19-41-29-20(18-35-31(37-29)34-9-11-38(2)3)16-22(30(41)36-21)26-27(32)23(43-4)17-24(44-5)28(26)33;1-5-25(38)36-11-9-35(10-12-36)8-6-7-19-17-37-21-14-24(32-2)33-16-18(21)13-20(29(37)34-19)26-27(30)22(39-3)15-23(40-4)28(26)31;1-5-20(36)34-8-6-33(7-9-34)13-16-14-35-24-15(12-30-26(29-2)32-24)10-17(25(35)31-16)21-22(27)18(37-3)11-19(38-4)23(21)28/h6,16-19H,1,7-15H2,2-5H3,(H,34,35,37);5,13-17H,1,6-12H2,2-4H3,(H,32,33);5,10-12,14H,1,6-9,13H2,2-4H3,(H,29,30,32). The minimum Gasteiger partial charge on any atom is -0.495 e. The molecular weight excluding hydrogens is 1650 g/mol. The molecule has 3 aliphatic heterocycles. The van der Waals surface area contributed by atoms with Crippen LogP contribution in [0.25, 0.3) is 83.3 Å². The van der Waals surface area contributed by atoms with Crippen LogP contribution < -0.4 is 44.4 Å². The van der Waals surface area contributed by atoms with Crippen molar-refractivity contribution in [2.75, 3.05) is 192 Å². The number of nitrogens with zero attached hydrogens (tertiary/aromatic N) is 18. The fourth-order valence-corrected chi connectivity index (χ4v) is 16.6. The molecule has 642 valence electrons. The molecule has 3 saturated heterocycles. The van der Waals surface area contributed by atoms with Gasteiger partial charge in [0.1, 0.15) is 45.8 Å². The second-order valence-corrected chi connectivity index (χ2v) is 30.9. The summed E-state index contributed by atoms with van der Waals surface area (Å²) in [6, 6.07) is 12.0. The van der Waals surface area contributed by atoms with Crippen molar-refractivity contribution in [3.8, 4) is 67.9 Å². The van der Waals surface area contributed by atoms with E-state index in [0.29, 0.717) is 164 Å². The zero-order valence-electron chi connectivity index (χ0n) is 69.7. The smallest absolute Gasteiger partial charge is 0.246 e. The Morgan fingerprint density at radius 1 is 0.451 bits per heavy atom. The molecule has 15 rings (SSSR count). The van der Waals surface area contributed by atoms with Gasteiger partial charge < -0.3 is 64.0 Å². The molecule has 0 spiro atoms. The number of pyridine rings is 4. The Morgan fingerprint density at radius 2 is 0.828 bits per heavy atom. The zero-order chi connectivity index (χ0) is 86.7. The number of fused-ring (bicyclic) bond motifs is 9. The molecule has 0 saturated carbocycles. The number of likely N-dealkylation sites (N-methyl/N-ethyl adjacent to an activating group) is 1. The number of halogens is 6. The number of imidazole rings is 3. The Labute approximate surface area is 724 Å². The molecule has 3 fully saturated rings. The number of piperazine rings is 3. The third-order valence-corrected chi connectivity index (χ3v) is 23.2. The van der Waals surface area contributed by atoms with Gasteiger partial charge in [-0.3, -0.25) is 42.3 Å². The van der Waals surface area contributed by atoms with E-state index in [1.54, 1.807) is 74.9 Å². The van der Waals surface area contributed by atoms with Gasteiger partial charge in [0, 0.05) is 218 Å². The number of amides is 3. The molecule has 0 unspecified atom stereocenters. The summed E-state index contributed by atoms with van der Waals surface area (Å²) in [4.78, 5) is 88.0. The number of anilines is 3. The van der Waals surface area contributed by atoms with E-state index < -0.39 is 11.6 Å². The Balaban J connectivity index is 0.000000158. The normalized spacial score (nSPS) is 14.1. The van der Waals surface area contributed by atoms with E-state index in [-0.39, 0.29) is 40.3 Å². The van der Waals surface area contributed by atoms with Crippen LogP contribution in [-0.2, 0) is 33.8 Å². The lowest BCUT2D eigenvalue weighted by Gasteiger charge is -2.34. The fraction of sp³-hybridized carbons (Fsp3) is 0.360. The minimum absolute atomic E-state index is 0.00823. The zero-order valence-corrected chi connectivity index (χ0v) is 72.7. The first-order valence-corrected chi connectivity index (χ1v) is 41.1. The predicted molar refractivity (Wildman–Crippen MR) is 474 cm³/mol. The molecule has 0 radical (unpaired) electrons. The highest BCUT2D eigenvalue weighted by Gasteiger charge is 2.31. The van der Waals surface area contributed by atoms with E-state index in [4.69, 9.17) is 94.8 Å². The minimum atomic E-state index is -0.833. The summed E-state index contributed by atoms with van der Waals surface area (Å²) in [5, 5.41) is 13.0. The number of carbonyl (C=O) groups is 3. The molecular formula is C86H97Cl4F2N21O9. The molecule has 3 N–H and O–H groups in total. The topological polar surface area (TPSA) is 282 Å². The van der Waals surface area contributed by atoms with Gasteiger partial charge in [-0.05, 0) is 89.3 Å². The summed E-state index contributed by atoms with van der Waals surface area (Å²) in [6.07, 6.45) is 18.4. The Bertz CT molecular complexity index is 5840. The van der Waals surface area contributed by atoms with Crippen LogP contribution in [-0.4, -0.2) is 281 Å². The van der Waals surface area contributed by atoms with E-state index in [1.165, 1.54) is 52.7 Å². The molecule has 12 aromatic rings. The van der Waals surface area contributed by atoms with Crippen LogP contribution in [0.15, 0.2) is 118 Å². The highest BCUT2D eigenvalue weighted by atomic mass is 35.5. The van der Waals surface area contributed by atoms with Gasteiger partial charge in [-0.25, -0.2) is 38.7 Å². The molecule has 122 heavy (non-hydrogen) atoms. The van der Waals surface area contributed by atoms with Crippen molar-refractivity contribution in [3.05, 3.63) is 166 Å². The summed E-state index contributed by atoms with van der Waals surface area (Å²) in [6.45, 7) is 23.5. The Hall–Kier alpha value is -11.5. The molecule has 30 nitrogen and oxygen atoms in total. The second kappa shape index (κ2) is 39.6.